The number of ether oxygens (including phenoxy) is 1. The van der Waals surface area contributed by atoms with E-state index in [-0.39, 0.29) is 6.61 Å². The Hall–Kier alpha value is -2.99. The molecule has 0 bridgehead atoms. The average molecular weight is 335 g/mol. The molecule has 0 amide bonds. The summed E-state index contributed by atoms with van der Waals surface area (Å²) in [6.07, 6.45) is 3.11. The molecule has 0 fully saturated rings. The molecule has 2 aromatic carbocycles. The summed E-state index contributed by atoms with van der Waals surface area (Å²) in [5, 5.41) is 0.773. The van der Waals surface area contributed by atoms with Crippen molar-refractivity contribution >= 4 is 27.5 Å². The monoisotopic (exact) mass is 335 g/mol. The first-order chi connectivity index (χ1) is 11.8. The fourth-order valence-electron chi connectivity index (χ4n) is 2.42. The smallest absolute Gasteiger partial charge is 0.357 e. The molecule has 0 unspecified atom stereocenters. The van der Waals surface area contributed by atoms with Crippen molar-refractivity contribution < 1.29 is 9.53 Å². The molecule has 0 saturated carbocycles. The van der Waals surface area contributed by atoms with Crippen molar-refractivity contribution in [2.24, 2.45) is 0 Å². The normalized spacial score (nSPS) is 10.8. The van der Waals surface area contributed by atoms with Gasteiger partial charge in [-0.05, 0) is 24.3 Å². The number of aromatic nitrogens is 3. The fraction of sp³-hybridized carbons (Fsp3) is 0.0556. The topological polar surface area (TPSA) is 57.0 Å². The molecule has 0 aliphatic heterocycles. The lowest BCUT2D eigenvalue weighted by atomic mass is 10.3. The minimum absolute atomic E-state index is 0.151. The van der Waals surface area contributed by atoms with Gasteiger partial charge in [0.05, 0.1) is 22.7 Å². The van der Waals surface area contributed by atoms with Crippen LogP contribution in [0.1, 0.15) is 15.5 Å². The van der Waals surface area contributed by atoms with Crippen LogP contribution in [0.25, 0.3) is 15.9 Å². The van der Waals surface area contributed by atoms with Crippen molar-refractivity contribution in [2.45, 2.75) is 6.61 Å². The predicted molar refractivity (Wildman–Crippen MR) is 92.3 cm³/mol. The first-order valence-electron chi connectivity index (χ1n) is 7.40. The van der Waals surface area contributed by atoms with E-state index in [1.54, 1.807) is 10.9 Å². The highest BCUT2D eigenvalue weighted by Crippen LogP contribution is 2.22. The zero-order valence-electron chi connectivity index (χ0n) is 12.6. The number of nitrogens with zero attached hydrogens (tertiary/aromatic N) is 3. The second kappa shape index (κ2) is 6.25. The maximum Gasteiger partial charge on any atom is 0.357 e. The van der Waals surface area contributed by atoms with Crippen molar-refractivity contribution in [3.8, 4) is 5.69 Å². The highest BCUT2D eigenvalue weighted by atomic mass is 32.1. The molecular formula is C18H13N3O2S. The lowest BCUT2D eigenvalue weighted by Gasteiger charge is -2.07. The van der Waals surface area contributed by atoms with E-state index in [1.807, 2.05) is 54.6 Å². The Balaban J connectivity index is 1.52. The number of benzene rings is 2. The minimum atomic E-state index is -0.421. The van der Waals surface area contributed by atoms with Crippen LogP contribution < -0.4 is 0 Å². The zero-order chi connectivity index (χ0) is 16.4. The minimum Gasteiger partial charge on any atom is -0.454 e. The number of hydrogen-bond donors (Lipinski definition) is 0. The van der Waals surface area contributed by atoms with Gasteiger partial charge in [0, 0.05) is 5.69 Å². The third-order valence-corrected chi connectivity index (χ3v) is 4.56. The van der Waals surface area contributed by atoms with Crippen LogP contribution in [0.2, 0.25) is 0 Å². The van der Waals surface area contributed by atoms with Gasteiger partial charge in [-0.1, -0.05) is 30.3 Å². The summed E-state index contributed by atoms with van der Waals surface area (Å²) in [6, 6.07) is 17.4. The second-order valence-electron chi connectivity index (χ2n) is 5.14. The van der Waals surface area contributed by atoms with Crippen LogP contribution in [0.3, 0.4) is 0 Å². The van der Waals surface area contributed by atoms with Gasteiger partial charge in [-0.3, -0.25) is 4.57 Å². The second-order valence-corrected chi connectivity index (χ2v) is 6.25. The Kier molecular flexibility index (Phi) is 3.80. The van der Waals surface area contributed by atoms with E-state index in [1.165, 1.54) is 17.5 Å². The number of fused-ring (bicyclic) bond motifs is 1. The number of carbonyl (C=O) groups is 1. The van der Waals surface area contributed by atoms with Crippen LogP contribution in [0.15, 0.2) is 67.1 Å². The van der Waals surface area contributed by atoms with Crippen LogP contribution in [0, 0.1) is 0 Å². The van der Waals surface area contributed by atoms with Crippen molar-refractivity contribution in [1.82, 2.24) is 14.5 Å². The largest absolute Gasteiger partial charge is 0.454 e. The fourth-order valence-corrected chi connectivity index (χ4v) is 3.30. The first-order valence-corrected chi connectivity index (χ1v) is 8.22. The van der Waals surface area contributed by atoms with E-state index in [4.69, 9.17) is 4.74 Å². The SMILES string of the molecule is O=C(OCc1nc2ccccc2s1)c1cncn1-c1ccccc1. The van der Waals surface area contributed by atoms with Crippen molar-refractivity contribution in [3.05, 3.63) is 77.8 Å². The summed E-state index contributed by atoms with van der Waals surface area (Å²) < 4.78 is 8.20. The maximum atomic E-state index is 12.4. The maximum absolute atomic E-state index is 12.4. The van der Waals surface area contributed by atoms with E-state index in [2.05, 4.69) is 9.97 Å². The average Bonchev–Trinajstić information content (AvgIpc) is 3.27. The summed E-state index contributed by atoms with van der Waals surface area (Å²) in [5.41, 5.74) is 2.17. The molecule has 4 rings (SSSR count). The summed E-state index contributed by atoms with van der Waals surface area (Å²) in [5.74, 6) is -0.421. The van der Waals surface area contributed by atoms with Crippen LogP contribution in [-0.2, 0) is 11.3 Å². The molecule has 2 aromatic heterocycles. The van der Waals surface area contributed by atoms with E-state index in [9.17, 15) is 4.79 Å². The Labute approximate surface area is 142 Å². The van der Waals surface area contributed by atoms with Crippen molar-refractivity contribution in [2.75, 3.05) is 0 Å². The molecule has 6 heteroatoms. The lowest BCUT2D eigenvalue weighted by Crippen LogP contribution is -2.10. The Morgan fingerprint density at radius 1 is 1.08 bits per heavy atom. The van der Waals surface area contributed by atoms with E-state index in [0.717, 1.165) is 20.9 Å². The molecule has 0 aliphatic rings. The van der Waals surface area contributed by atoms with Gasteiger partial charge in [0.15, 0.2) is 5.69 Å². The molecule has 0 atom stereocenters. The zero-order valence-corrected chi connectivity index (χ0v) is 13.4. The number of rotatable bonds is 4. The number of carbonyl (C=O) groups excluding carboxylic acids is 1. The molecule has 4 aromatic rings. The molecular weight excluding hydrogens is 322 g/mol. The van der Waals surface area contributed by atoms with E-state index >= 15 is 0 Å². The molecule has 0 aliphatic carbocycles. The molecule has 5 nitrogen and oxygen atoms in total. The van der Waals surface area contributed by atoms with Gasteiger partial charge in [-0.25, -0.2) is 14.8 Å². The predicted octanol–water partition coefficient (Wildman–Crippen LogP) is 3.84. The van der Waals surface area contributed by atoms with E-state index < -0.39 is 5.97 Å². The molecule has 0 saturated heterocycles. The summed E-state index contributed by atoms with van der Waals surface area (Å²) in [6.45, 7) is 0.151. The summed E-state index contributed by atoms with van der Waals surface area (Å²) >= 11 is 1.53. The van der Waals surface area contributed by atoms with Gasteiger partial charge < -0.3 is 4.74 Å². The highest BCUT2D eigenvalue weighted by molar-refractivity contribution is 7.18. The third kappa shape index (κ3) is 2.79. The number of para-hydroxylation sites is 2. The number of esters is 1. The standard InChI is InChI=1S/C18H13N3O2S/c22-18(15-10-19-12-21(15)13-6-2-1-3-7-13)23-11-17-20-14-8-4-5-9-16(14)24-17/h1-10,12H,11H2. The number of hydrogen-bond acceptors (Lipinski definition) is 5. The highest BCUT2D eigenvalue weighted by Gasteiger charge is 2.15. The van der Waals surface area contributed by atoms with Gasteiger partial charge in [0.1, 0.15) is 11.6 Å². The van der Waals surface area contributed by atoms with Crippen molar-refractivity contribution in [3.63, 3.8) is 0 Å². The number of thiazole rings is 1. The van der Waals surface area contributed by atoms with Gasteiger partial charge in [0.2, 0.25) is 0 Å². The summed E-state index contributed by atoms with van der Waals surface area (Å²) in [4.78, 5) is 20.9. The molecule has 24 heavy (non-hydrogen) atoms. The molecule has 2 heterocycles. The quantitative estimate of drug-likeness (QED) is 0.532. The van der Waals surface area contributed by atoms with Crippen LogP contribution in [-0.4, -0.2) is 20.5 Å². The van der Waals surface area contributed by atoms with Gasteiger partial charge in [-0.2, -0.15) is 0 Å². The third-order valence-electron chi connectivity index (χ3n) is 3.55. The van der Waals surface area contributed by atoms with Gasteiger partial charge in [0.25, 0.3) is 0 Å². The van der Waals surface area contributed by atoms with Gasteiger partial charge in [-0.15, -0.1) is 11.3 Å². The Morgan fingerprint density at radius 2 is 1.88 bits per heavy atom. The number of imidazole rings is 1. The van der Waals surface area contributed by atoms with Crippen LogP contribution in [0.4, 0.5) is 0 Å². The molecule has 118 valence electrons. The molecule has 0 spiro atoms. The van der Waals surface area contributed by atoms with Crippen LogP contribution >= 0.6 is 11.3 Å². The van der Waals surface area contributed by atoms with E-state index in [0.29, 0.717) is 5.69 Å². The van der Waals surface area contributed by atoms with Gasteiger partial charge >= 0.3 is 5.97 Å². The van der Waals surface area contributed by atoms with Crippen molar-refractivity contribution in [1.29, 1.82) is 0 Å². The lowest BCUT2D eigenvalue weighted by molar-refractivity contribution is 0.0463. The molecule has 0 radical (unpaired) electrons. The Morgan fingerprint density at radius 3 is 2.71 bits per heavy atom. The first kappa shape index (κ1) is 14.6. The summed E-state index contributed by atoms with van der Waals surface area (Å²) in [7, 11) is 0. The Bertz CT molecular complexity index is 959. The van der Waals surface area contributed by atoms with Crippen LogP contribution in [0.5, 0.6) is 0 Å². The molecule has 0 N–H and O–H groups in total.